The second-order valence-electron chi connectivity index (χ2n) is 7.60. The Morgan fingerprint density at radius 2 is 1.88 bits per heavy atom. The van der Waals surface area contributed by atoms with Crippen LogP contribution in [0.3, 0.4) is 0 Å². The highest BCUT2D eigenvalue weighted by Gasteiger charge is 2.29. The van der Waals surface area contributed by atoms with E-state index in [1.165, 1.54) is 0 Å². The van der Waals surface area contributed by atoms with E-state index in [-0.39, 0.29) is 17.7 Å². The zero-order chi connectivity index (χ0) is 22.5. The van der Waals surface area contributed by atoms with Gasteiger partial charge in [0.1, 0.15) is 17.2 Å². The molecule has 0 radical (unpaired) electrons. The first-order valence-electron chi connectivity index (χ1n) is 10.5. The van der Waals surface area contributed by atoms with E-state index in [1.54, 1.807) is 49.7 Å². The monoisotopic (exact) mass is 434 g/mol. The lowest BCUT2D eigenvalue weighted by Gasteiger charge is -2.31. The average molecular weight is 434 g/mol. The highest BCUT2D eigenvalue weighted by Crippen LogP contribution is 2.30. The molecule has 1 aliphatic rings. The number of carbonyl (C=O) groups is 2. The maximum atomic E-state index is 13.1. The van der Waals surface area contributed by atoms with Gasteiger partial charge in [0.15, 0.2) is 0 Å². The molecule has 1 fully saturated rings. The molecule has 0 atom stereocenters. The molecule has 1 saturated heterocycles. The number of rotatable bonds is 6. The number of nitrogens with zero attached hydrogens (tertiary/aromatic N) is 3. The molecule has 3 aromatic rings. The first-order valence-corrected chi connectivity index (χ1v) is 10.5. The lowest BCUT2D eigenvalue weighted by Crippen LogP contribution is -2.42. The molecule has 1 aromatic carbocycles. The molecule has 0 spiro atoms. The third kappa shape index (κ3) is 4.44. The van der Waals surface area contributed by atoms with Crippen LogP contribution in [0.5, 0.6) is 11.5 Å². The highest BCUT2D eigenvalue weighted by atomic mass is 16.5. The number of carbonyl (C=O) groups excluding carboxylic acids is 2. The minimum absolute atomic E-state index is 0.0467. The largest absolute Gasteiger partial charge is 0.497 e. The Labute approximate surface area is 186 Å². The van der Waals surface area contributed by atoms with Crippen LogP contribution in [0.25, 0.3) is 5.69 Å². The Morgan fingerprint density at radius 3 is 2.56 bits per heavy atom. The van der Waals surface area contributed by atoms with Crippen LogP contribution in [0.1, 0.15) is 23.3 Å². The van der Waals surface area contributed by atoms with Gasteiger partial charge in [0.25, 0.3) is 5.91 Å². The molecule has 1 aliphatic heterocycles. The van der Waals surface area contributed by atoms with E-state index in [9.17, 15) is 9.59 Å². The van der Waals surface area contributed by atoms with Gasteiger partial charge in [0.2, 0.25) is 5.91 Å². The number of likely N-dealkylation sites (tertiary alicyclic amines) is 1. The SMILES string of the molecule is COc1ccc(NC(=O)C2CCN(C(=O)c3cccn3-c3cccnc3)CC2)c(OC)c1. The summed E-state index contributed by atoms with van der Waals surface area (Å²) in [5.74, 6) is 0.911. The third-order valence-electron chi connectivity index (χ3n) is 5.71. The number of pyridine rings is 1. The van der Waals surface area contributed by atoms with Crippen LogP contribution in [0.2, 0.25) is 0 Å². The lowest BCUT2D eigenvalue weighted by molar-refractivity contribution is -0.121. The summed E-state index contributed by atoms with van der Waals surface area (Å²) in [6.07, 6.45) is 6.48. The van der Waals surface area contributed by atoms with Crippen LogP contribution in [0, 0.1) is 5.92 Å². The summed E-state index contributed by atoms with van der Waals surface area (Å²) in [5, 5.41) is 2.95. The van der Waals surface area contributed by atoms with Gasteiger partial charge in [-0.25, -0.2) is 0 Å². The van der Waals surface area contributed by atoms with E-state index >= 15 is 0 Å². The summed E-state index contributed by atoms with van der Waals surface area (Å²) < 4.78 is 12.4. The Kier molecular flexibility index (Phi) is 6.39. The van der Waals surface area contributed by atoms with Gasteiger partial charge in [0.05, 0.1) is 31.8 Å². The molecule has 8 nitrogen and oxygen atoms in total. The normalized spacial score (nSPS) is 14.1. The number of hydrogen-bond acceptors (Lipinski definition) is 5. The fraction of sp³-hybridized carbons (Fsp3) is 0.292. The second-order valence-corrected chi connectivity index (χ2v) is 7.60. The summed E-state index contributed by atoms with van der Waals surface area (Å²) in [6.45, 7) is 1.05. The van der Waals surface area contributed by atoms with Gasteiger partial charge in [0, 0.05) is 37.5 Å². The van der Waals surface area contributed by atoms with Gasteiger partial charge in [-0.1, -0.05) is 0 Å². The summed E-state index contributed by atoms with van der Waals surface area (Å²) >= 11 is 0. The first-order chi connectivity index (χ1) is 15.6. The molecular formula is C24H26N4O4. The van der Waals surface area contributed by atoms with Crippen LogP contribution < -0.4 is 14.8 Å². The maximum absolute atomic E-state index is 13.1. The molecular weight excluding hydrogens is 408 g/mol. The van der Waals surface area contributed by atoms with Crippen molar-refractivity contribution in [1.29, 1.82) is 0 Å². The molecule has 1 N–H and O–H groups in total. The number of ether oxygens (including phenoxy) is 2. The standard InChI is InChI=1S/C24H26N4O4/c1-31-19-7-8-20(22(15-19)32-2)26-23(29)17-9-13-27(14-10-17)24(30)21-6-4-12-28(21)18-5-3-11-25-16-18/h3-8,11-12,15-17H,9-10,13-14H2,1-2H3,(H,26,29). The topological polar surface area (TPSA) is 85.7 Å². The van der Waals surface area contributed by atoms with E-state index < -0.39 is 0 Å². The van der Waals surface area contributed by atoms with Gasteiger partial charge in [-0.15, -0.1) is 0 Å². The molecule has 8 heteroatoms. The quantitative estimate of drug-likeness (QED) is 0.643. The Morgan fingerprint density at radius 1 is 1.06 bits per heavy atom. The van der Waals surface area contributed by atoms with Crippen molar-refractivity contribution in [3.63, 3.8) is 0 Å². The summed E-state index contributed by atoms with van der Waals surface area (Å²) in [5.41, 5.74) is 2.03. The summed E-state index contributed by atoms with van der Waals surface area (Å²) in [4.78, 5) is 31.9. The van der Waals surface area contributed by atoms with Crippen LogP contribution in [0.4, 0.5) is 5.69 Å². The van der Waals surface area contributed by atoms with Crippen LogP contribution in [0.15, 0.2) is 61.1 Å². The smallest absolute Gasteiger partial charge is 0.270 e. The number of nitrogens with one attached hydrogen (secondary N) is 1. The van der Waals surface area contributed by atoms with Crippen molar-refractivity contribution in [3.8, 4) is 17.2 Å². The van der Waals surface area contributed by atoms with Crippen LogP contribution in [-0.2, 0) is 4.79 Å². The van der Waals surface area contributed by atoms with Gasteiger partial charge < -0.3 is 24.3 Å². The number of benzene rings is 1. The van der Waals surface area contributed by atoms with Gasteiger partial charge >= 0.3 is 0 Å². The molecule has 0 unspecified atom stereocenters. The minimum Gasteiger partial charge on any atom is -0.497 e. The predicted molar refractivity (Wildman–Crippen MR) is 120 cm³/mol. The Bertz CT molecular complexity index is 1090. The molecule has 2 amide bonds. The van der Waals surface area contributed by atoms with E-state index in [0.29, 0.717) is 48.8 Å². The highest BCUT2D eigenvalue weighted by molar-refractivity contribution is 5.95. The average Bonchev–Trinajstić information content (AvgIpc) is 3.34. The van der Waals surface area contributed by atoms with E-state index in [0.717, 1.165) is 5.69 Å². The molecule has 0 aliphatic carbocycles. The molecule has 32 heavy (non-hydrogen) atoms. The van der Waals surface area contributed by atoms with Crippen LogP contribution in [-0.4, -0.2) is 53.6 Å². The third-order valence-corrected chi connectivity index (χ3v) is 5.71. The van der Waals surface area contributed by atoms with E-state index in [1.807, 2.05) is 35.0 Å². The zero-order valence-corrected chi connectivity index (χ0v) is 18.2. The maximum Gasteiger partial charge on any atom is 0.270 e. The first kappa shape index (κ1) is 21.4. The predicted octanol–water partition coefficient (Wildman–Crippen LogP) is 3.38. The molecule has 0 bridgehead atoms. The Balaban J connectivity index is 1.38. The van der Waals surface area contributed by atoms with Crippen molar-refractivity contribution in [1.82, 2.24) is 14.5 Å². The molecule has 166 valence electrons. The lowest BCUT2D eigenvalue weighted by atomic mass is 9.95. The molecule has 4 rings (SSSR count). The van der Waals surface area contributed by atoms with Gasteiger partial charge in [-0.2, -0.15) is 0 Å². The van der Waals surface area contributed by atoms with Crippen LogP contribution >= 0.6 is 0 Å². The van der Waals surface area contributed by atoms with Gasteiger partial charge in [-0.05, 0) is 49.2 Å². The van der Waals surface area contributed by atoms with Crippen molar-refractivity contribution in [3.05, 3.63) is 66.7 Å². The van der Waals surface area contributed by atoms with E-state index in [4.69, 9.17) is 9.47 Å². The van der Waals surface area contributed by atoms with Crippen molar-refractivity contribution in [2.45, 2.75) is 12.8 Å². The van der Waals surface area contributed by atoms with E-state index in [2.05, 4.69) is 10.3 Å². The van der Waals surface area contributed by atoms with Crippen molar-refractivity contribution in [2.75, 3.05) is 32.6 Å². The van der Waals surface area contributed by atoms with Crippen molar-refractivity contribution in [2.24, 2.45) is 5.92 Å². The number of hydrogen-bond donors (Lipinski definition) is 1. The minimum atomic E-state index is -0.170. The number of amides is 2. The van der Waals surface area contributed by atoms with Crippen molar-refractivity contribution >= 4 is 17.5 Å². The molecule has 3 heterocycles. The fourth-order valence-corrected chi connectivity index (χ4v) is 3.92. The number of aromatic nitrogens is 2. The number of anilines is 1. The van der Waals surface area contributed by atoms with Crippen molar-refractivity contribution < 1.29 is 19.1 Å². The summed E-state index contributed by atoms with van der Waals surface area (Å²) in [6, 6.07) is 12.7. The Hall–Kier alpha value is -3.81. The molecule has 0 saturated carbocycles. The number of piperidine rings is 1. The second kappa shape index (κ2) is 9.55. The molecule has 2 aromatic heterocycles. The summed E-state index contributed by atoms with van der Waals surface area (Å²) in [7, 11) is 3.13. The zero-order valence-electron chi connectivity index (χ0n) is 18.2. The van der Waals surface area contributed by atoms with Gasteiger partial charge in [-0.3, -0.25) is 14.6 Å². The number of methoxy groups -OCH3 is 2. The fourth-order valence-electron chi connectivity index (χ4n) is 3.92.